The van der Waals surface area contributed by atoms with Crippen molar-refractivity contribution in [3.8, 4) is 0 Å². The predicted molar refractivity (Wildman–Crippen MR) is 69.2 cm³/mol. The van der Waals surface area contributed by atoms with Crippen molar-refractivity contribution in [1.82, 2.24) is 5.32 Å². The van der Waals surface area contributed by atoms with E-state index in [-0.39, 0.29) is 18.0 Å². The van der Waals surface area contributed by atoms with Crippen molar-refractivity contribution in [2.24, 2.45) is 5.92 Å². The number of hydrogen-bond acceptors (Lipinski definition) is 2. The first-order valence-electron chi connectivity index (χ1n) is 5.88. The minimum absolute atomic E-state index is 0. The number of benzene rings is 1. The third-order valence-corrected chi connectivity index (χ3v) is 3.19. The van der Waals surface area contributed by atoms with E-state index < -0.39 is 17.5 Å². The summed E-state index contributed by atoms with van der Waals surface area (Å²) in [5.41, 5.74) is -1.57. The molecule has 0 spiro atoms. The summed E-state index contributed by atoms with van der Waals surface area (Å²) in [6.45, 7) is 4.73. The molecule has 1 aliphatic heterocycles. The quantitative estimate of drug-likeness (QED) is 0.855. The lowest BCUT2D eigenvalue weighted by Gasteiger charge is -2.39. The molecule has 1 aliphatic rings. The second-order valence-electron chi connectivity index (χ2n) is 4.87. The van der Waals surface area contributed by atoms with Crippen LogP contribution in [0.5, 0.6) is 0 Å². The first kappa shape index (κ1) is 16.3. The second-order valence-corrected chi connectivity index (χ2v) is 4.87. The van der Waals surface area contributed by atoms with Crippen LogP contribution >= 0.6 is 12.4 Å². The van der Waals surface area contributed by atoms with E-state index in [9.17, 15) is 13.2 Å². The monoisotopic (exact) mass is 295 g/mol. The van der Waals surface area contributed by atoms with Gasteiger partial charge in [-0.2, -0.15) is 13.2 Å². The largest absolute Gasteiger partial charge is 0.416 e. The SMILES string of the molecule is CC1CNC(C)(c2ccccc2C(F)(F)F)OC1.Cl. The third kappa shape index (κ3) is 3.41. The maximum absolute atomic E-state index is 13.0. The van der Waals surface area contributed by atoms with Crippen molar-refractivity contribution in [2.75, 3.05) is 13.2 Å². The fourth-order valence-corrected chi connectivity index (χ4v) is 2.11. The van der Waals surface area contributed by atoms with Crippen LogP contribution in [-0.4, -0.2) is 13.2 Å². The van der Waals surface area contributed by atoms with E-state index in [1.807, 2.05) is 6.92 Å². The van der Waals surface area contributed by atoms with Gasteiger partial charge >= 0.3 is 6.18 Å². The van der Waals surface area contributed by atoms with Crippen molar-refractivity contribution < 1.29 is 17.9 Å². The molecule has 0 radical (unpaired) electrons. The minimum Gasteiger partial charge on any atom is -0.356 e. The van der Waals surface area contributed by atoms with Crippen LogP contribution in [0, 0.1) is 5.92 Å². The molecule has 1 N–H and O–H groups in total. The van der Waals surface area contributed by atoms with Gasteiger partial charge in [0.2, 0.25) is 0 Å². The van der Waals surface area contributed by atoms with Gasteiger partial charge in [-0.1, -0.05) is 25.1 Å². The summed E-state index contributed by atoms with van der Waals surface area (Å²) in [7, 11) is 0. The highest BCUT2D eigenvalue weighted by Gasteiger charge is 2.41. The average Bonchev–Trinajstić information content (AvgIpc) is 2.32. The van der Waals surface area contributed by atoms with Gasteiger partial charge in [-0.3, -0.25) is 5.32 Å². The molecule has 6 heteroatoms. The maximum atomic E-state index is 13.0. The Hall–Kier alpha value is -0.780. The van der Waals surface area contributed by atoms with Gasteiger partial charge in [0.25, 0.3) is 0 Å². The molecule has 1 aromatic rings. The van der Waals surface area contributed by atoms with Gasteiger partial charge in [-0.15, -0.1) is 12.4 Å². The molecule has 1 heterocycles. The van der Waals surface area contributed by atoms with Crippen LogP contribution in [0.25, 0.3) is 0 Å². The lowest BCUT2D eigenvalue weighted by Crippen LogP contribution is -2.50. The molecule has 1 saturated heterocycles. The molecular formula is C13H17ClF3NO. The molecular weight excluding hydrogens is 279 g/mol. The fraction of sp³-hybridized carbons (Fsp3) is 0.538. The maximum Gasteiger partial charge on any atom is 0.416 e. The van der Waals surface area contributed by atoms with Crippen molar-refractivity contribution in [2.45, 2.75) is 25.7 Å². The van der Waals surface area contributed by atoms with E-state index in [0.29, 0.717) is 19.1 Å². The minimum atomic E-state index is -4.37. The molecule has 2 rings (SSSR count). The Bertz CT molecular complexity index is 428. The molecule has 1 aromatic carbocycles. The summed E-state index contributed by atoms with van der Waals surface area (Å²) in [6.07, 6.45) is -4.37. The Morgan fingerprint density at radius 1 is 1.32 bits per heavy atom. The Morgan fingerprint density at radius 3 is 2.47 bits per heavy atom. The summed E-state index contributed by atoms with van der Waals surface area (Å²) in [5, 5.41) is 3.05. The zero-order valence-electron chi connectivity index (χ0n) is 10.8. The van der Waals surface area contributed by atoms with Gasteiger partial charge in [0.15, 0.2) is 0 Å². The normalized spacial score (nSPS) is 27.7. The molecule has 0 aliphatic carbocycles. The summed E-state index contributed by atoms with van der Waals surface area (Å²) in [6, 6.07) is 5.54. The molecule has 2 atom stereocenters. The lowest BCUT2D eigenvalue weighted by atomic mass is 9.95. The number of alkyl halides is 3. The molecule has 0 bridgehead atoms. The first-order valence-corrected chi connectivity index (χ1v) is 5.88. The van der Waals surface area contributed by atoms with E-state index in [1.54, 1.807) is 13.0 Å². The Kier molecular flexibility index (Phi) is 4.87. The predicted octanol–water partition coefficient (Wildman–Crippen LogP) is 3.56. The molecule has 108 valence electrons. The van der Waals surface area contributed by atoms with Crippen LogP contribution in [0.4, 0.5) is 13.2 Å². The second kappa shape index (κ2) is 5.69. The van der Waals surface area contributed by atoms with Gasteiger partial charge in [-0.25, -0.2) is 0 Å². The van der Waals surface area contributed by atoms with E-state index >= 15 is 0 Å². The topological polar surface area (TPSA) is 21.3 Å². The Balaban J connectivity index is 0.00000180. The number of hydrogen-bond donors (Lipinski definition) is 1. The summed E-state index contributed by atoms with van der Waals surface area (Å²) < 4.78 is 44.5. The van der Waals surface area contributed by atoms with E-state index in [1.165, 1.54) is 12.1 Å². The number of nitrogens with one attached hydrogen (secondary N) is 1. The summed E-state index contributed by atoms with van der Waals surface area (Å²) in [4.78, 5) is 0. The van der Waals surface area contributed by atoms with Crippen molar-refractivity contribution in [3.63, 3.8) is 0 Å². The molecule has 19 heavy (non-hydrogen) atoms. The van der Waals surface area contributed by atoms with E-state index in [2.05, 4.69) is 5.32 Å². The molecule has 2 unspecified atom stereocenters. The number of rotatable bonds is 1. The zero-order chi connectivity index (χ0) is 13.4. The van der Waals surface area contributed by atoms with E-state index in [4.69, 9.17) is 4.74 Å². The van der Waals surface area contributed by atoms with Crippen molar-refractivity contribution in [3.05, 3.63) is 35.4 Å². The number of ether oxygens (including phenoxy) is 1. The lowest BCUT2D eigenvalue weighted by molar-refractivity contribution is -0.147. The van der Waals surface area contributed by atoms with Gasteiger partial charge in [0.1, 0.15) is 5.72 Å². The highest BCUT2D eigenvalue weighted by Crippen LogP contribution is 2.38. The van der Waals surface area contributed by atoms with Crippen LogP contribution in [0.2, 0.25) is 0 Å². The smallest absolute Gasteiger partial charge is 0.356 e. The first-order chi connectivity index (χ1) is 8.33. The Labute approximate surface area is 116 Å². The van der Waals surface area contributed by atoms with Crippen molar-refractivity contribution in [1.29, 1.82) is 0 Å². The summed E-state index contributed by atoms with van der Waals surface area (Å²) >= 11 is 0. The van der Waals surface area contributed by atoms with Crippen LogP contribution in [0.3, 0.4) is 0 Å². The molecule has 2 nitrogen and oxygen atoms in total. The van der Waals surface area contributed by atoms with Crippen molar-refractivity contribution >= 4 is 12.4 Å². The number of halogens is 4. The van der Waals surface area contributed by atoms with E-state index in [0.717, 1.165) is 6.07 Å². The highest BCUT2D eigenvalue weighted by atomic mass is 35.5. The van der Waals surface area contributed by atoms with Crippen LogP contribution in [0.15, 0.2) is 24.3 Å². The molecule has 0 saturated carbocycles. The standard InChI is InChI=1S/C13H16F3NO.ClH/c1-9-7-17-12(2,18-8-9)10-5-3-4-6-11(10)13(14,15)16;/h3-6,9,17H,7-8H2,1-2H3;1H. The van der Waals surface area contributed by atoms with Gasteiger partial charge in [-0.05, 0) is 18.9 Å². The van der Waals surface area contributed by atoms with Crippen LogP contribution in [-0.2, 0) is 16.6 Å². The average molecular weight is 296 g/mol. The van der Waals surface area contributed by atoms with Gasteiger partial charge < -0.3 is 4.74 Å². The molecule has 1 fully saturated rings. The van der Waals surface area contributed by atoms with Gasteiger partial charge in [0.05, 0.1) is 12.2 Å². The fourth-order valence-electron chi connectivity index (χ4n) is 2.11. The molecule has 0 amide bonds. The van der Waals surface area contributed by atoms with Crippen LogP contribution in [0.1, 0.15) is 25.0 Å². The highest BCUT2D eigenvalue weighted by molar-refractivity contribution is 5.85. The Morgan fingerprint density at radius 2 is 1.95 bits per heavy atom. The third-order valence-electron chi connectivity index (χ3n) is 3.19. The van der Waals surface area contributed by atoms with Gasteiger partial charge in [0, 0.05) is 12.1 Å². The zero-order valence-corrected chi connectivity index (χ0v) is 11.6. The van der Waals surface area contributed by atoms with Crippen LogP contribution < -0.4 is 5.32 Å². The molecule has 0 aromatic heterocycles. The summed E-state index contributed by atoms with van der Waals surface area (Å²) in [5.74, 6) is 0.302.